The Morgan fingerprint density at radius 2 is 1.90 bits per heavy atom. The Bertz CT molecular complexity index is 664. The predicted molar refractivity (Wildman–Crippen MR) is 78.0 cm³/mol. The van der Waals surface area contributed by atoms with Crippen LogP contribution in [0.25, 0.3) is 0 Å². The molecule has 0 unspecified atom stereocenters. The lowest BCUT2D eigenvalue weighted by atomic mass is 10.1. The molecular weight excluding hydrogens is 304 g/mol. The molecule has 0 fully saturated rings. The Hall–Kier alpha value is -1.72. The summed E-state index contributed by atoms with van der Waals surface area (Å²) in [7, 11) is 0. The first-order valence-electron chi connectivity index (χ1n) is 5.63. The highest BCUT2D eigenvalue weighted by atomic mass is 35.5. The van der Waals surface area contributed by atoms with Crippen molar-refractivity contribution in [3.8, 4) is 5.75 Å². The summed E-state index contributed by atoms with van der Waals surface area (Å²) in [6.07, 6.45) is 0. The zero-order chi connectivity index (χ0) is 14.7. The van der Waals surface area contributed by atoms with Gasteiger partial charge in [-0.2, -0.15) is 0 Å². The molecule has 2 aromatic rings. The van der Waals surface area contributed by atoms with Crippen LogP contribution in [0.4, 0.5) is 8.78 Å². The van der Waals surface area contributed by atoms with Crippen molar-refractivity contribution in [3.63, 3.8) is 0 Å². The third-order valence-electron chi connectivity index (χ3n) is 2.62. The summed E-state index contributed by atoms with van der Waals surface area (Å²) in [5.74, 6) is -0.784. The van der Waals surface area contributed by atoms with Crippen molar-refractivity contribution >= 4 is 28.8 Å². The number of hydrogen-bond acceptors (Lipinski definition) is 2. The standard InChI is InChI=1S/C14H10ClF2NOS/c15-11-3-2-10(6-13(11)17)19-7-9-5-8(14(18)20)1-4-12(9)16/h1-6H,7H2,(H2,18,20). The van der Waals surface area contributed by atoms with Crippen molar-refractivity contribution in [1.29, 1.82) is 0 Å². The average molecular weight is 314 g/mol. The van der Waals surface area contributed by atoms with Crippen LogP contribution in [0.3, 0.4) is 0 Å². The summed E-state index contributed by atoms with van der Waals surface area (Å²) >= 11 is 10.4. The summed E-state index contributed by atoms with van der Waals surface area (Å²) in [4.78, 5) is 0.170. The normalized spacial score (nSPS) is 10.3. The fourth-order valence-corrected chi connectivity index (χ4v) is 1.81. The van der Waals surface area contributed by atoms with Crippen LogP contribution < -0.4 is 10.5 Å². The van der Waals surface area contributed by atoms with Gasteiger partial charge >= 0.3 is 0 Å². The molecular formula is C14H10ClF2NOS. The molecule has 0 saturated carbocycles. The Kier molecular flexibility index (Phi) is 4.52. The fraction of sp³-hybridized carbons (Fsp3) is 0.0714. The number of thiocarbonyl (C=S) groups is 1. The summed E-state index contributed by atoms with van der Waals surface area (Å²) in [5.41, 5.74) is 6.31. The Morgan fingerprint density at radius 1 is 1.15 bits per heavy atom. The first-order valence-corrected chi connectivity index (χ1v) is 6.42. The van der Waals surface area contributed by atoms with Crippen LogP contribution in [-0.2, 0) is 6.61 Å². The van der Waals surface area contributed by atoms with Crippen molar-refractivity contribution in [3.05, 3.63) is 64.2 Å². The van der Waals surface area contributed by atoms with Crippen LogP contribution in [0.1, 0.15) is 11.1 Å². The lowest BCUT2D eigenvalue weighted by Gasteiger charge is -2.09. The van der Waals surface area contributed by atoms with Crippen LogP contribution >= 0.6 is 23.8 Å². The van der Waals surface area contributed by atoms with Crippen LogP contribution in [0, 0.1) is 11.6 Å². The quantitative estimate of drug-likeness (QED) is 0.871. The van der Waals surface area contributed by atoms with Gasteiger partial charge in [0.25, 0.3) is 0 Å². The summed E-state index contributed by atoms with van der Waals surface area (Å²) in [6, 6.07) is 8.26. The molecule has 0 aliphatic rings. The van der Waals surface area contributed by atoms with E-state index >= 15 is 0 Å². The van der Waals surface area contributed by atoms with Gasteiger partial charge in [-0.15, -0.1) is 0 Å². The Morgan fingerprint density at radius 3 is 2.55 bits per heavy atom. The second-order valence-electron chi connectivity index (χ2n) is 4.04. The highest BCUT2D eigenvalue weighted by Crippen LogP contribution is 2.22. The third-order valence-corrected chi connectivity index (χ3v) is 3.16. The third kappa shape index (κ3) is 3.43. The van der Waals surface area contributed by atoms with Crippen LogP contribution in [-0.4, -0.2) is 4.99 Å². The van der Waals surface area contributed by atoms with Crippen molar-refractivity contribution in [1.82, 2.24) is 0 Å². The smallest absolute Gasteiger partial charge is 0.145 e. The maximum Gasteiger partial charge on any atom is 0.145 e. The van der Waals surface area contributed by atoms with Gasteiger partial charge in [-0.1, -0.05) is 23.8 Å². The van der Waals surface area contributed by atoms with Crippen molar-refractivity contribution in [2.24, 2.45) is 5.73 Å². The van der Waals surface area contributed by atoms with Gasteiger partial charge in [0.05, 0.1) is 5.02 Å². The van der Waals surface area contributed by atoms with E-state index in [1.54, 1.807) is 0 Å². The highest BCUT2D eigenvalue weighted by Gasteiger charge is 2.07. The molecule has 2 aromatic carbocycles. The molecule has 0 bridgehead atoms. The fourth-order valence-electron chi connectivity index (χ4n) is 1.57. The van der Waals surface area contributed by atoms with Crippen LogP contribution in [0.2, 0.25) is 5.02 Å². The van der Waals surface area contributed by atoms with Gasteiger partial charge in [0, 0.05) is 17.2 Å². The van der Waals surface area contributed by atoms with Crippen LogP contribution in [0.15, 0.2) is 36.4 Å². The molecule has 0 aromatic heterocycles. The largest absolute Gasteiger partial charge is 0.489 e. The zero-order valence-corrected chi connectivity index (χ0v) is 11.8. The van der Waals surface area contributed by atoms with Crippen LogP contribution in [0.5, 0.6) is 5.75 Å². The monoisotopic (exact) mass is 313 g/mol. The van der Waals surface area contributed by atoms with E-state index in [9.17, 15) is 8.78 Å². The van der Waals surface area contributed by atoms with E-state index in [4.69, 9.17) is 34.3 Å². The Labute approximate surface area is 125 Å². The molecule has 2 nitrogen and oxygen atoms in total. The zero-order valence-electron chi connectivity index (χ0n) is 10.2. The minimum absolute atomic E-state index is 0.000918. The lowest BCUT2D eigenvalue weighted by molar-refractivity contribution is 0.298. The summed E-state index contributed by atoms with van der Waals surface area (Å²) in [6.45, 7) is -0.0661. The summed E-state index contributed by atoms with van der Waals surface area (Å²) < 4.78 is 32.2. The molecule has 0 saturated heterocycles. The van der Waals surface area contributed by atoms with Gasteiger partial charge in [0.15, 0.2) is 0 Å². The second kappa shape index (κ2) is 6.15. The van der Waals surface area contributed by atoms with E-state index in [-0.39, 0.29) is 27.9 Å². The molecule has 0 aliphatic carbocycles. The van der Waals surface area contributed by atoms with E-state index < -0.39 is 11.6 Å². The lowest BCUT2D eigenvalue weighted by Crippen LogP contribution is -2.10. The second-order valence-corrected chi connectivity index (χ2v) is 4.88. The SMILES string of the molecule is NC(=S)c1ccc(F)c(COc2ccc(Cl)c(F)c2)c1. The van der Waals surface area contributed by atoms with E-state index in [0.29, 0.717) is 5.56 Å². The van der Waals surface area contributed by atoms with Crippen molar-refractivity contribution in [2.75, 3.05) is 0 Å². The van der Waals surface area contributed by atoms with Gasteiger partial charge in [-0.05, 0) is 30.3 Å². The molecule has 0 radical (unpaired) electrons. The molecule has 6 heteroatoms. The Balaban J connectivity index is 2.15. The molecule has 0 amide bonds. The van der Waals surface area contributed by atoms with Crippen molar-refractivity contribution in [2.45, 2.75) is 6.61 Å². The molecule has 104 valence electrons. The predicted octanol–water partition coefficient (Wildman–Crippen LogP) is 3.83. The van der Waals surface area contributed by atoms with Gasteiger partial charge in [0.1, 0.15) is 29.0 Å². The number of nitrogens with two attached hydrogens (primary N) is 1. The first-order chi connectivity index (χ1) is 9.47. The van der Waals surface area contributed by atoms with Gasteiger partial charge in [-0.25, -0.2) is 8.78 Å². The van der Waals surface area contributed by atoms with E-state index in [2.05, 4.69) is 0 Å². The molecule has 0 spiro atoms. The number of hydrogen-bond donors (Lipinski definition) is 1. The molecule has 20 heavy (non-hydrogen) atoms. The number of rotatable bonds is 4. The summed E-state index contributed by atoms with van der Waals surface area (Å²) in [5, 5.41) is -0.000918. The van der Waals surface area contributed by atoms with E-state index in [1.807, 2.05) is 0 Å². The van der Waals surface area contributed by atoms with E-state index in [1.165, 1.54) is 30.3 Å². The van der Waals surface area contributed by atoms with Crippen molar-refractivity contribution < 1.29 is 13.5 Å². The number of ether oxygens (including phenoxy) is 1. The average Bonchev–Trinajstić information content (AvgIpc) is 2.41. The first kappa shape index (κ1) is 14.7. The van der Waals surface area contributed by atoms with E-state index in [0.717, 1.165) is 6.07 Å². The molecule has 0 aliphatic heterocycles. The number of halogens is 3. The molecule has 2 rings (SSSR count). The topological polar surface area (TPSA) is 35.2 Å². The van der Waals surface area contributed by atoms with Gasteiger partial charge < -0.3 is 10.5 Å². The minimum Gasteiger partial charge on any atom is -0.489 e. The minimum atomic E-state index is -0.596. The molecule has 0 heterocycles. The molecule has 2 N–H and O–H groups in total. The molecule has 0 atom stereocenters. The number of benzene rings is 2. The maximum absolute atomic E-state index is 13.6. The highest BCUT2D eigenvalue weighted by molar-refractivity contribution is 7.80. The van der Waals surface area contributed by atoms with Gasteiger partial charge in [0.2, 0.25) is 0 Å². The van der Waals surface area contributed by atoms with Gasteiger partial charge in [-0.3, -0.25) is 0 Å². The maximum atomic E-state index is 13.6.